The Kier molecular flexibility index (Phi) is 14.0. The summed E-state index contributed by atoms with van der Waals surface area (Å²) >= 11 is 0. The summed E-state index contributed by atoms with van der Waals surface area (Å²) in [6.07, 6.45) is 7.37. The van der Waals surface area contributed by atoms with Gasteiger partial charge in [-0.1, -0.05) is 74.1 Å². The molecule has 0 nitrogen and oxygen atoms in total. The zero-order valence-electron chi connectivity index (χ0n) is 12.3. The fraction of sp³-hybridized carbons (Fsp3) is 1.00. The minimum absolute atomic E-state index is 0.917. The normalized spacial score (nSPS) is 24.8. The molecular formula is C15H34. The Labute approximate surface area is 98.9 Å². The molecule has 1 aliphatic carbocycles. The molecule has 1 fully saturated rings. The summed E-state index contributed by atoms with van der Waals surface area (Å²) in [5, 5.41) is 0. The first-order chi connectivity index (χ1) is 7.25. The molecule has 0 bridgehead atoms. The van der Waals surface area contributed by atoms with Gasteiger partial charge >= 0.3 is 0 Å². The maximum Gasteiger partial charge on any atom is -0.0363 e. The van der Waals surface area contributed by atoms with Crippen molar-refractivity contribution < 1.29 is 0 Å². The van der Waals surface area contributed by atoms with Gasteiger partial charge < -0.3 is 0 Å². The molecule has 0 spiro atoms. The lowest BCUT2D eigenvalue weighted by atomic mass is 9.72. The van der Waals surface area contributed by atoms with Crippen LogP contribution in [-0.2, 0) is 0 Å². The van der Waals surface area contributed by atoms with Gasteiger partial charge in [0.15, 0.2) is 0 Å². The first-order valence-electron chi connectivity index (χ1n) is 7.25. The van der Waals surface area contributed by atoms with Crippen molar-refractivity contribution in [2.24, 2.45) is 17.8 Å². The van der Waals surface area contributed by atoms with E-state index in [2.05, 4.69) is 20.8 Å². The minimum Gasteiger partial charge on any atom is -0.0683 e. The van der Waals surface area contributed by atoms with Gasteiger partial charge in [0.25, 0.3) is 0 Å². The Hall–Kier alpha value is 0. The van der Waals surface area contributed by atoms with Crippen molar-refractivity contribution in [1.29, 1.82) is 0 Å². The summed E-state index contributed by atoms with van der Waals surface area (Å²) in [6.45, 7) is 15.1. The third kappa shape index (κ3) is 6.98. The van der Waals surface area contributed by atoms with Crippen molar-refractivity contribution in [2.45, 2.75) is 80.6 Å². The van der Waals surface area contributed by atoms with Crippen molar-refractivity contribution >= 4 is 0 Å². The average molecular weight is 214 g/mol. The van der Waals surface area contributed by atoms with E-state index < -0.39 is 0 Å². The molecule has 0 heterocycles. The van der Waals surface area contributed by atoms with Crippen LogP contribution in [0.25, 0.3) is 0 Å². The van der Waals surface area contributed by atoms with Crippen LogP contribution in [0.5, 0.6) is 0 Å². The van der Waals surface area contributed by atoms with E-state index in [1.54, 1.807) is 0 Å². The number of hydrogen-bond donors (Lipinski definition) is 0. The Bertz CT molecular complexity index is 105. The van der Waals surface area contributed by atoms with Gasteiger partial charge in [-0.05, 0) is 24.2 Å². The van der Waals surface area contributed by atoms with Crippen LogP contribution in [0, 0.1) is 17.8 Å². The second-order valence-electron chi connectivity index (χ2n) is 4.36. The molecular weight excluding hydrogens is 180 g/mol. The van der Waals surface area contributed by atoms with Crippen molar-refractivity contribution in [1.82, 2.24) is 0 Å². The molecule has 0 N–H and O–H groups in total. The van der Waals surface area contributed by atoms with E-state index in [0.717, 1.165) is 17.8 Å². The zero-order valence-corrected chi connectivity index (χ0v) is 12.3. The Morgan fingerprint density at radius 3 is 1.73 bits per heavy atom. The minimum atomic E-state index is 0.917. The largest absolute Gasteiger partial charge is 0.0683 e. The molecule has 94 valence electrons. The molecule has 0 aromatic carbocycles. The van der Waals surface area contributed by atoms with Crippen LogP contribution in [0.15, 0.2) is 0 Å². The predicted octanol–water partition coefficient (Wildman–Crippen LogP) is 5.91. The summed E-state index contributed by atoms with van der Waals surface area (Å²) in [7, 11) is 0. The molecule has 0 amide bonds. The van der Waals surface area contributed by atoms with E-state index in [1.165, 1.54) is 32.1 Å². The van der Waals surface area contributed by atoms with E-state index in [1.807, 2.05) is 27.7 Å². The van der Waals surface area contributed by atoms with Gasteiger partial charge in [0.1, 0.15) is 0 Å². The fourth-order valence-electron chi connectivity index (χ4n) is 2.62. The van der Waals surface area contributed by atoms with E-state index in [0.29, 0.717) is 0 Å². The fourth-order valence-corrected chi connectivity index (χ4v) is 2.62. The smallest absolute Gasteiger partial charge is 0.0363 e. The Balaban J connectivity index is 0. The first kappa shape index (κ1) is 17.4. The molecule has 0 radical (unpaired) electrons. The third-order valence-electron chi connectivity index (χ3n) is 3.35. The Morgan fingerprint density at radius 1 is 0.933 bits per heavy atom. The topological polar surface area (TPSA) is 0 Å². The van der Waals surface area contributed by atoms with E-state index >= 15 is 0 Å². The maximum absolute atomic E-state index is 2.39. The van der Waals surface area contributed by atoms with Crippen LogP contribution >= 0.6 is 0 Å². The summed E-state index contributed by atoms with van der Waals surface area (Å²) in [4.78, 5) is 0. The van der Waals surface area contributed by atoms with E-state index in [-0.39, 0.29) is 0 Å². The van der Waals surface area contributed by atoms with Gasteiger partial charge in [0.05, 0.1) is 0 Å². The second-order valence-corrected chi connectivity index (χ2v) is 4.36. The lowest BCUT2D eigenvalue weighted by molar-refractivity contribution is 0.175. The molecule has 0 aromatic heterocycles. The van der Waals surface area contributed by atoms with Crippen LogP contribution in [-0.4, -0.2) is 0 Å². The highest BCUT2D eigenvalue weighted by Gasteiger charge is 2.25. The van der Waals surface area contributed by atoms with Crippen LogP contribution in [0.3, 0.4) is 0 Å². The van der Waals surface area contributed by atoms with Crippen LogP contribution in [0.4, 0.5) is 0 Å². The van der Waals surface area contributed by atoms with Crippen molar-refractivity contribution in [3.05, 3.63) is 0 Å². The van der Waals surface area contributed by atoms with Crippen molar-refractivity contribution in [3.63, 3.8) is 0 Å². The zero-order chi connectivity index (χ0) is 12.3. The average Bonchev–Trinajstić information content (AvgIpc) is 2.34. The molecule has 2 atom stereocenters. The lowest BCUT2D eigenvalue weighted by Crippen LogP contribution is -2.23. The van der Waals surface area contributed by atoms with E-state index in [9.17, 15) is 0 Å². The first-order valence-corrected chi connectivity index (χ1v) is 7.25. The molecule has 15 heavy (non-hydrogen) atoms. The van der Waals surface area contributed by atoms with E-state index in [4.69, 9.17) is 0 Å². The molecule has 0 heteroatoms. The molecule has 0 aromatic rings. The number of rotatable bonds is 2. The maximum atomic E-state index is 2.39. The highest BCUT2D eigenvalue weighted by molar-refractivity contribution is 4.76. The highest BCUT2D eigenvalue weighted by Crippen LogP contribution is 2.36. The van der Waals surface area contributed by atoms with Crippen molar-refractivity contribution in [3.8, 4) is 0 Å². The molecule has 0 aliphatic heterocycles. The summed E-state index contributed by atoms with van der Waals surface area (Å²) in [5.74, 6) is 3.00. The lowest BCUT2D eigenvalue weighted by Gasteiger charge is -2.33. The monoisotopic (exact) mass is 214 g/mol. The summed E-state index contributed by atoms with van der Waals surface area (Å²) < 4.78 is 0. The summed E-state index contributed by atoms with van der Waals surface area (Å²) in [6, 6.07) is 0. The quantitative estimate of drug-likeness (QED) is 0.536. The van der Waals surface area contributed by atoms with Gasteiger partial charge in [0, 0.05) is 0 Å². The molecule has 1 saturated carbocycles. The van der Waals surface area contributed by atoms with Gasteiger partial charge in [-0.15, -0.1) is 0 Å². The number of hydrogen-bond acceptors (Lipinski definition) is 0. The second kappa shape index (κ2) is 12.1. The predicted molar refractivity (Wildman–Crippen MR) is 73.3 cm³/mol. The highest BCUT2D eigenvalue weighted by atomic mass is 14.3. The standard InChI is InChI=1S/C11H22.2C2H6/c1-4-10-7-5-6-8-11(10)9(2)3;2*1-2/h9-11H,4-8H2,1-3H3;2*1-2H3. The van der Waals surface area contributed by atoms with Gasteiger partial charge in [-0.3, -0.25) is 0 Å². The molecule has 1 rings (SSSR count). The molecule has 1 aliphatic rings. The SMILES string of the molecule is CC.CC.CCC1CCCCC1C(C)C. The van der Waals surface area contributed by atoms with Crippen LogP contribution in [0.1, 0.15) is 80.6 Å². The van der Waals surface area contributed by atoms with Crippen LogP contribution < -0.4 is 0 Å². The molecule has 0 saturated heterocycles. The van der Waals surface area contributed by atoms with Crippen LogP contribution in [0.2, 0.25) is 0 Å². The Morgan fingerprint density at radius 2 is 1.40 bits per heavy atom. The van der Waals surface area contributed by atoms with Gasteiger partial charge in [-0.2, -0.15) is 0 Å². The van der Waals surface area contributed by atoms with Gasteiger partial charge in [0.2, 0.25) is 0 Å². The molecule has 2 unspecified atom stereocenters. The van der Waals surface area contributed by atoms with Crippen molar-refractivity contribution in [2.75, 3.05) is 0 Å². The third-order valence-corrected chi connectivity index (χ3v) is 3.35. The summed E-state index contributed by atoms with van der Waals surface area (Å²) in [5.41, 5.74) is 0. The van der Waals surface area contributed by atoms with Gasteiger partial charge in [-0.25, -0.2) is 0 Å².